The van der Waals surface area contributed by atoms with Crippen LogP contribution in [0.1, 0.15) is 68.6 Å². The fraction of sp³-hybridized carbons (Fsp3) is 0.611. The minimum Gasteiger partial charge on any atom is -0.479 e. The van der Waals surface area contributed by atoms with Crippen LogP contribution in [0.3, 0.4) is 0 Å². The Labute approximate surface area is 140 Å². The summed E-state index contributed by atoms with van der Waals surface area (Å²) in [4.78, 5) is 5.08. The molecule has 1 aliphatic carbocycles. The van der Waals surface area contributed by atoms with Crippen molar-refractivity contribution in [1.82, 2.24) is 0 Å². The van der Waals surface area contributed by atoms with Crippen molar-refractivity contribution in [2.45, 2.75) is 64.7 Å². The Morgan fingerprint density at radius 3 is 2.54 bits per heavy atom. The molecule has 0 radical (unpaired) electrons. The molecule has 1 aromatic carbocycles. The predicted molar refractivity (Wildman–Crippen MR) is 86.8 cm³/mol. The van der Waals surface area contributed by atoms with Gasteiger partial charge >= 0.3 is 6.18 Å². The lowest BCUT2D eigenvalue weighted by Gasteiger charge is -2.25. The molecule has 0 aromatic heterocycles. The highest BCUT2D eigenvalue weighted by Crippen LogP contribution is 2.41. The number of alkyl halides is 3. The van der Waals surface area contributed by atoms with E-state index in [4.69, 9.17) is 9.57 Å². The first-order chi connectivity index (χ1) is 11.4. The zero-order valence-corrected chi connectivity index (χ0v) is 14.2. The van der Waals surface area contributed by atoms with Gasteiger partial charge in [-0.3, -0.25) is 0 Å². The summed E-state index contributed by atoms with van der Waals surface area (Å²) in [6.45, 7) is 3.90. The van der Waals surface area contributed by atoms with Crippen molar-refractivity contribution in [2.24, 2.45) is 5.16 Å². The SMILES string of the molecule is CCOC(C)=NOCc1ccc(C2CCCCC2)c(C(F)(F)F)c1. The fourth-order valence-corrected chi connectivity index (χ4v) is 3.14. The third-order valence-electron chi connectivity index (χ3n) is 4.25. The van der Waals surface area contributed by atoms with E-state index in [1.54, 1.807) is 19.1 Å². The van der Waals surface area contributed by atoms with Gasteiger partial charge < -0.3 is 9.57 Å². The molecule has 2 rings (SSSR count). The molecular weight excluding hydrogens is 319 g/mol. The molecule has 0 N–H and O–H groups in total. The summed E-state index contributed by atoms with van der Waals surface area (Å²) in [5.74, 6) is 0.357. The molecule has 0 heterocycles. The predicted octanol–water partition coefficient (Wildman–Crippen LogP) is 5.64. The van der Waals surface area contributed by atoms with Crippen LogP contribution in [0.4, 0.5) is 13.2 Å². The van der Waals surface area contributed by atoms with Crippen molar-refractivity contribution in [1.29, 1.82) is 0 Å². The molecule has 1 aliphatic rings. The van der Waals surface area contributed by atoms with E-state index >= 15 is 0 Å². The average molecular weight is 343 g/mol. The van der Waals surface area contributed by atoms with Crippen molar-refractivity contribution < 1.29 is 22.7 Å². The molecular formula is C18H24F3NO2. The van der Waals surface area contributed by atoms with Crippen LogP contribution in [0.2, 0.25) is 0 Å². The van der Waals surface area contributed by atoms with E-state index in [1.807, 2.05) is 6.92 Å². The smallest absolute Gasteiger partial charge is 0.416 e. The van der Waals surface area contributed by atoms with Gasteiger partial charge in [-0.1, -0.05) is 36.6 Å². The van der Waals surface area contributed by atoms with Gasteiger partial charge in [0.1, 0.15) is 6.61 Å². The highest BCUT2D eigenvalue weighted by atomic mass is 19.4. The number of hydrogen-bond donors (Lipinski definition) is 0. The van der Waals surface area contributed by atoms with E-state index in [-0.39, 0.29) is 12.5 Å². The van der Waals surface area contributed by atoms with Gasteiger partial charge in [-0.25, -0.2) is 0 Å². The zero-order chi connectivity index (χ0) is 17.6. The number of nitrogens with zero attached hydrogens (tertiary/aromatic N) is 1. The Morgan fingerprint density at radius 2 is 1.92 bits per heavy atom. The molecule has 0 saturated heterocycles. The Morgan fingerprint density at radius 1 is 1.21 bits per heavy atom. The van der Waals surface area contributed by atoms with Crippen molar-refractivity contribution >= 4 is 5.90 Å². The van der Waals surface area contributed by atoms with E-state index in [9.17, 15) is 13.2 Å². The number of benzene rings is 1. The van der Waals surface area contributed by atoms with E-state index in [0.717, 1.165) is 32.1 Å². The van der Waals surface area contributed by atoms with Gasteiger partial charge in [0.05, 0.1) is 12.2 Å². The summed E-state index contributed by atoms with van der Waals surface area (Å²) in [5.41, 5.74) is 0.330. The summed E-state index contributed by atoms with van der Waals surface area (Å²) in [6.07, 6.45) is 0.415. The summed E-state index contributed by atoms with van der Waals surface area (Å²) >= 11 is 0. The quantitative estimate of drug-likeness (QED) is 0.393. The van der Waals surface area contributed by atoms with Crippen LogP contribution in [-0.2, 0) is 22.4 Å². The Kier molecular flexibility index (Phi) is 6.52. The average Bonchev–Trinajstić information content (AvgIpc) is 2.55. The highest BCUT2D eigenvalue weighted by molar-refractivity contribution is 5.72. The number of hydrogen-bond acceptors (Lipinski definition) is 3. The van der Waals surface area contributed by atoms with Gasteiger partial charge in [-0.2, -0.15) is 13.2 Å². The largest absolute Gasteiger partial charge is 0.479 e. The van der Waals surface area contributed by atoms with E-state index in [2.05, 4.69) is 5.16 Å². The lowest BCUT2D eigenvalue weighted by molar-refractivity contribution is -0.138. The molecule has 1 aromatic rings. The Balaban J connectivity index is 2.15. The number of oxime groups is 1. The second-order valence-electron chi connectivity index (χ2n) is 6.07. The standard InChI is InChI=1S/C18H24F3NO2/c1-3-23-13(2)22-24-12-14-9-10-16(15-7-5-4-6-8-15)17(11-14)18(19,20)21/h9-11,15H,3-8,12H2,1-2H3. The van der Waals surface area contributed by atoms with Crippen LogP contribution in [0.25, 0.3) is 0 Å². The normalized spacial score (nSPS) is 17.0. The molecule has 0 spiro atoms. The van der Waals surface area contributed by atoms with Gasteiger partial charge in [-0.05, 0) is 42.9 Å². The summed E-state index contributed by atoms with van der Waals surface area (Å²) in [6, 6.07) is 4.50. The Hall–Kier alpha value is -1.72. The van der Waals surface area contributed by atoms with Crippen LogP contribution < -0.4 is 0 Å². The van der Waals surface area contributed by atoms with Gasteiger partial charge in [0.2, 0.25) is 5.90 Å². The van der Waals surface area contributed by atoms with Gasteiger partial charge in [-0.15, -0.1) is 0 Å². The second kappa shape index (κ2) is 8.40. The van der Waals surface area contributed by atoms with Crippen LogP contribution >= 0.6 is 0 Å². The number of rotatable bonds is 5. The molecule has 1 saturated carbocycles. The van der Waals surface area contributed by atoms with Crippen LogP contribution in [0.15, 0.2) is 23.4 Å². The summed E-state index contributed by atoms with van der Waals surface area (Å²) in [5, 5.41) is 3.73. The van der Waals surface area contributed by atoms with Crippen molar-refractivity contribution in [3.05, 3.63) is 34.9 Å². The van der Waals surface area contributed by atoms with Gasteiger partial charge in [0.15, 0.2) is 0 Å². The third kappa shape index (κ3) is 5.14. The molecule has 3 nitrogen and oxygen atoms in total. The van der Waals surface area contributed by atoms with E-state index < -0.39 is 11.7 Å². The molecule has 134 valence electrons. The maximum atomic E-state index is 13.4. The Bertz CT molecular complexity index is 564. The molecule has 6 heteroatoms. The van der Waals surface area contributed by atoms with Crippen molar-refractivity contribution in [3.8, 4) is 0 Å². The maximum Gasteiger partial charge on any atom is 0.416 e. The van der Waals surface area contributed by atoms with Crippen LogP contribution in [0, 0.1) is 0 Å². The summed E-state index contributed by atoms with van der Waals surface area (Å²) in [7, 11) is 0. The second-order valence-corrected chi connectivity index (χ2v) is 6.07. The minimum atomic E-state index is -4.35. The highest BCUT2D eigenvalue weighted by Gasteiger charge is 2.35. The molecule has 24 heavy (non-hydrogen) atoms. The fourth-order valence-electron chi connectivity index (χ4n) is 3.14. The van der Waals surface area contributed by atoms with E-state index in [1.165, 1.54) is 6.07 Å². The first-order valence-corrected chi connectivity index (χ1v) is 8.41. The maximum absolute atomic E-state index is 13.4. The van der Waals surface area contributed by atoms with E-state index in [0.29, 0.717) is 23.6 Å². The molecule has 0 amide bonds. The topological polar surface area (TPSA) is 30.8 Å². The molecule has 1 fully saturated rings. The first-order valence-electron chi connectivity index (χ1n) is 8.41. The lowest BCUT2D eigenvalue weighted by atomic mass is 9.81. The third-order valence-corrected chi connectivity index (χ3v) is 4.25. The molecule has 0 unspecified atom stereocenters. The first kappa shape index (κ1) is 18.6. The zero-order valence-electron chi connectivity index (χ0n) is 14.2. The monoisotopic (exact) mass is 343 g/mol. The molecule has 0 aliphatic heterocycles. The van der Waals surface area contributed by atoms with Crippen LogP contribution in [0.5, 0.6) is 0 Å². The van der Waals surface area contributed by atoms with Crippen molar-refractivity contribution in [3.63, 3.8) is 0 Å². The lowest BCUT2D eigenvalue weighted by Crippen LogP contribution is -2.15. The number of halogens is 3. The van der Waals surface area contributed by atoms with Crippen LogP contribution in [-0.4, -0.2) is 12.5 Å². The number of ether oxygens (including phenoxy) is 1. The van der Waals surface area contributed by atoms with Crippen molar-refractivity contribution in [2.75, 3.05) is 6.61 Å². The minimum absolute atomic E-state index is 0.00330. The molecule has 0 bridgehead atoms. The van der Waals surface area contributed by atoms with Gasteiger partial charge in [0.25, 0.3) is 0 Å². The van der Waals surface area contributed by atoms with Gasteiger partial charge in [0, 0.05) is 6.92 Å². The summed E-state index contributed by atoms with van der Waals surface area (Å²) < 4.78 is 45.4. The molecule has 0 atom stereocenters.